The van der Waals surface area contributed by atoms with E-state index in [0.717, 1.165) is 12.8 Å². The molecule has 0 radical (unpaired) electrons. The van der Waals surface area contributed by atoms with Gasteiger partial charge >= 0.3 is 0 Å². The molecule has 0 aliphatic heterocycles. The largest absolute Gasteiger partial charge is 0.393 e. The highest BCUT2D eigenvalue weighted by molar-refractivity contribution is 5.96. The van der Waals surface area contributed by atoms with Crippen LogP contribution < -0.4 is 5.32 Å². The zero-order chi connectivity index (χ0) is 14.7. The molecular weight excluding hydrogens is 260 g/mol. The van der Waals surface area contributed by atoms with Crippen molar-refractivity contribution >= 4 is 11.6 Å². The minimum absolute atomic E-state index is 0.0320. The quantitative estimate of drug-likeness (QED) is 0.652. The zero-order valence-electron chi connectivity index (χ0n) is 11.3. The lowest BCUT2D eigenvalue weighted by Gasteiger charge is -2.26. The van der Waals surface area contributed by atoms with Crippen LogP contribution in [0.2, 0.25) is 0 Å². The molecule has 1 aromatic rings. The van der Waals surface area contributed by atoms with Crippen molar-refractivity contribution in [2.24, 2.45) is 0 Å². The summed E-state index contributed by atoms with van der Waals surface area (Å²) in [5.74, 6) is -0.285. The van der Waals surface area contributed by atoms with Gasteiger partial charge in [-0.15, -0.1) is 0 Å². The fourth-order valence-corrected chi connectivity index (χ4v) is 2.45. The molecule has 1 aliphatic carbocycles. The lowest BCUT2D eigenvalue weighted by atomic mass is 9.93. The number of non-ortho nitro benzene ring substituents is 1. The van der Waals surface area contributed by atoms with Gasteiger partial charge in [-0.3, -0.25) is 14.9 Å². The topological polar surface area (TPSA) is 92.5 Å². The third kappa shape index (κ3) is 3.33. The van der Waals surface area contributed by atoms with Gasteiger partial charge in [-0.05, 0) is 38.2 Å². The summed E-state index contributed by atoms with van der Waals surface area (Å²) in [6.07, 6.45) is 2.56. The summed E-state index contributed by atoms with van der Waals surface area (Å²) in [6, 6.07) is 4.31. The van der Waals surface area contributed by atoms with Crippen molar-refractivity contribution < 1.29 is 14.8 Å². The molecule has 108 valence electrons. The Morgan fingerprint density at radius 2 is 2.00 bits per heavy atom. The molecule has 6 nitrogen and oxygen atoms in total. The van der Waals surface area contributed by atoms with Crippen LogP contribution in [0, 0.1) is 17.0 Å². The van der Waals surface area contributed by atoms with Crippen molar-refractivity contribution in [3.63, 3.8) is 0 Å². The van der Waals surface area contributed by atoms with Gasteiger partial charge in [0.25, 0.3) is 11.6 Å². The summed E-state index contributed by atoms with van der Waals surface area (Å²) in [6.45, 7) is 1.75. The number of hydrogen-bond donors (Lipinski definition) is 2. The highest BCUT2D eigenvalue weighted by Crippen LogP contribution is 2.21. The Kier molecular flexibility index (Phi) is 4.34. The number of nitrogens with one attached hydrogen (secondary N) is 1. The SMILES string of the molecule is Cc1ccc([N+](=O)[O-])cc1C(=O)NC1CCC(O)CC1. The summed E-state index contributed by atoms with van der Waals surface area (Å²) in [5, 5.41) is 23.1. The predicted octanol–water partition coefficient (Wildman–Crippen LogP) is 1.94. The molecule has 0 atom stereocenters. The number of nitrogens with zero attached hydrogens (tertiary/aromatic N) is 1. The molecule has 1 saturated carbocycles. The fourth-order valence-electron chi connectivity index (χ4n) is 2.45. The van der Waals surface area contributed by atoms with E-state index in [1.54, 1.807) is 13.0 Å². The summed E-state index contributed by atoms with van der Waals surface area (Å²) in [4.78, 5) is 22.4. The Morgan fingerprint density at radius 1 is 1.35 bits per heavy atom. The van der Waals surface area contributed by atoms with Crippen LogP contribution in [0.25, 0.3) is 0 Å². The first-order chi connectivity index (χ1) is 9.47. The molecule has 2 N–H and O–H groups in total. The Balaban J connectivity index is 2.08. The smallest absolute Gasteiger partial charge is 0.270 e. The van der Waals surface area contributed by atoms with Crippen molar-refractivity contribution in [1.29, 1.82) is 0 Å². The molecule has 1 aromatic carbocycles. The summed E-state index contributed by atoms with van der Waals surface area (Å²) in [7, 11) is 0. The number of aliphatic hydroxyl groups excluding tert-OH is 1. The van der Waals surface area contributed by atoms with Gasteiger partial charge in [0.15, 0.2) is 0 Å². The molecule has 2 rings (SSSR count). The van der Waals surface area contributed by atoms with Crippen molar-refractivity contribution in [2.45, 2.75) is 44.8 Å². The first-order valence-corrected chi connectivity index (χ1v) is 6.71. The second-order valence-corrected chi connectivity index (χ2v) is 5.24. The number of aliphatic hydroxyl groups is 1. The van der Waals surface area contributed by atoms with E-state index in [4.69, 9.17) is 0 Å². The van der Waals surface area contributed by atoms with E-state index < -0.39 is 4.92 Å². The molecule has 0 bridgehead atoms. The van der Waals surface area contributed by atoms with Gasteiger partial charge in [-0.25, -0.2) is 0 Å². The molecule has 20 heavy (non-hydrogen) atoms. The predicted molar refractivity (Wildman–Crippen MR) is 73.6 cm³/mol. The van der Waals surface area contributed by atoms with Gasteiger partial charge in [0, 0.05) is 23.7 Å². The van der Waals surface area contributed by atoms with Crippen molar-refractivity contribution in [1.82, 2.24) is 5.32 Å². The molecule has 0 saturated heterocycles. The molecule has 1 fully saturated rings. The zero-order valence-corrected chi connectivity index (χ0v) is 11.3. The van der Waals surface area contributed by atoms with Gasteiger partial charge in [0.2, 0.25) is 0 Å². The van der Waals surface area contributed by atoms with Gasteiger partial charge < -0.3 is 10.4 Å². The first kappa shape index (κ1) is 14.5. The van der Waals surface area contributed by atoms with Crippen molar-refractivity contribution in [2.75, 3.05) is 0 Å². The Morgan fingerprint density at radius 3 is 2.60 bits per heavy atom. The monoisotopic (exact) mass is 278 g/mol. The maximum atomic E-state index is 12.2. The molecule has 6 heteroatoms. The van der Waals surface area contributed by atoms with Crippen LogP contribution in [0.5, 0.6) is 0 Å². The van der Waals surface area contributed by atoms with Crippen LogP contribution in [0.1, 0.15) is 41.6 Å². The molecule has 1 amide bonds. The lowest BCUT2D eigenvalue weighted by molar-refractivity contribution is -0.384. The summed E-state index contributed by atoms with van der Waals surface area (Å²) >= 11 is 0. The van der Waals surface area contributed by atoms with Crippen LogP contribution in [0.4, 0.5) is 5.69 Å². The van der Waals surface area contributed by atoms with Crippen molar-refractivity contribution in [3.05, 3.63) is 39.4 Å². The summed E-state index contributed by atoms with van der Waals surface area (Å²) < 4.78 is 0. The van der Waals surface area contributed by atoms with Crippen LogP contribution in [-0.2, 0) is 0 Å². The second kappa shape index (κ2) is 6.00. The van der Waals surface area contributed by atoms with E-state index >= 15 is 0 Å². The highest BCUT2D eigenvalue weighted by atomic mass is 16.6. The second-order valence-electron chi connectivity index (χ2n) is 5.24. The average Bonchev–Trinajstić information content (AvgIpc) is 2.41. The molecule has 0 unspecified atom stereocenters. The van der Waals surface area contributed by atoms with E-state index in [9.17, 15) is 20.0 Å². The van der Waals surface area contributed by atoms with Crippen LogP contribution >= 0.6 is 0 Å². The van der Waals surface area contributed by atoms with Gasteiger partial charge in [-0.1, -0.05) is 6.07 Å². The average molecular weight is 278 g/mol. The highest BCUT2D eigenvalue weighted by Gasteiger charge is 2.22. The Hall–Kier alpha value is -1.95. The lowest BCUT2D eigenvalue weighted by Crippen LogP contribution is -2.38. The van der Waals surface area contributed by atoms with E-state index in [1.165, 1.54) is 12.1 Å². The number of carbonyl (C=O) groups excluding carboxylic acids is 1. The number of carbonyl (C=O) groups is 1. The van der Waals surface area contributed by atoms with Crippen LogP contribution in [0.3, 0.4) is 0 Å². The number of rotatable bonds is 3. The Labute approximate surface area is 117 Å². The normalized spacial score (nSPS) is 22.3. The van der Waals surface area contributed by atoms with E-state index in [2.05, 4.69) is 5.32 Å². The molecule has 0 heterocycles. The number of aryl methyl sites for hydroxylation is 1. The maximum Gasteiger partial charge on any atom is 0.270 e. The standard InChI is InChI=1S/C14H18N2O4/c1-9-2-5-11(16(19)20)8-13(9)14(18)15-10-3-6-12(17)7-4-10/h2,5,8,10,12,17H,3-4,6-7H2,1H3,(H,15,18). The molecule has 0 spiro atoms. The van der Waals surface area contributed by atoms with Crippen LogP contribution in [-0.4, -0.2) is 28.1 Å². The van der Waals surface area contributed by atoms with Crippen molar-refractivity contribution in [3.8, 4) is 0 Å². The van der Waals surface area contributed by atoms with Gasteiger partial charge in [0.05, 0.1) is 11.0 Å². The Bertz CT molecular complexity index is 522. The molecular formula is C14H18N2O4. The van der Waals surface area contributed by atoms with Gasteiger partial charge in [-0.2, -0.15) is 0 Å². The fraction of sp³-hybridized carbons (Fsp3) is 0.500. The third-order valence-electron chi connectivity index (χ3n) is 3.71. The number of nitro benzene ring substituents is 1. The number of hydrogen-bond acceptors (Lipinski definition) is 4. The summed E-state index contributed by atoms with van der Waals surface area (Å²) in [5.41, 5.74) is 0.967. The maximum absolute atomic E-state index is 12.2. The minimum Gasteiger partial charge on any atom is -0.393 e. The first-order valence-electron chi connectivity index (χ1n) is 6.71. The van der Waals surface area contributed by atoms with Crippen LogP contribution in [0.15, 0.2) is 18.2 Å². The number of benzene rings is 1. The minimum atomic E-state index is -0.507. The van der Waals surface area contributed by atoms with E-state index in [1.807, 2.05) is 0 Å². The van der Waals surface area contributed by atoms with Gasteiger partial charge in [0.1, 0.15) is 0 Å². The van der Waals surface area contributed by atoms with E-state index in [-0.39, 0.29) is 23.7 Å². The molecule has 0 aromatic heterocycles. The number of amides is 1. The third-order valence-corrected chi connectivity index (χ3v) is 3.71. The molecule has 1 aliphatic rings. The number of nitro groups is 1. The van der Waals surface area contributed by atoms with E-state index in [0.29, 0.717) is 24.0 Å².